The quantitative estimate of drug-likeness (QED) is 0.101. The van der Waals surface area contributed by atoms with Gasteiger partial charge in [0.05, 0.1) is 16.6 Å². The first-order valence-electron chi connectivity index (χ1n) is 12.4. The van der Waals surface area contributed by atoms with Gasteiger partial charge < -0.3 is 17.0 Å². The summed E-state index contributed by atoms with van der Waals surface area (Å²) in [5, 5.41) is 21.2. The van der Waals surface area contributed by atoms with E-state index in [-0.39, 0.29) is 36.4 Å². The molecule has 0 saturated heterocycles. The molecule has 0 spiro atoms. The first-order chi connectivity index (χ1) is 19.1. The molecule has 0 aliphatic carbocycles. The Morgan fingerprint density at radius 2 is 1.32 bits per heavy atom. The van der Waals surface area contributed by atoms with Crippen LogP contribution in [-0.4, -0.2) is 9.91 Å². The van der Waals surface area contributed by atoms with E-state index in [1.165, 1.54) is 40.6 Å². The van der Waals surface area contributed by atoms with E-state index in [9.17, 15) is 15.4 Å². The largest absolute Gasteiger partial charge is 1.00 e. The lowest BCUT2D eigenvalue weighted by Crippen LogP contribution is -3.00. The van der Waals surface area contributed by atoms with Crippen molar-refractivity contribution in [3.8, 4) is 6.07 Å². The number of nitro groups is 1. The van der Waals surface area contributed by atoms with Crippen LogP contribution in [0.25, 0.3) is 0 Å². The maximum atomic E-state index is 11.0. The molecule has 198 valence electrons. The molecule has 1 aromatic heterocycles. The summed E-state index contributed by atoms with van der Waals surface area (Å²) in [6, 6.07) is 42.4. The molecule has 0 aliphatic heterocycles. The Bertz CT molecular complexity index is 1520. The maximum Gasteiger partial charge on any atom is 0.269 e. The van der Waals surface area contributed by atoms with E-state index in [1.807, 2.05) is 30.5 Å². The molecule has 1 atom stereocenters. The van der Waals surface area contributed by atoms with E-state index < -0.39 is 4.92 Å². The normalized spacial score (nSPS) is 11.1. The molecule has 1 unspecified atom stereocenters. The number of rotatable bonds is 9. The van der Waals surface area contributed by atoms with Gasteiger partial charge in [0.2, 0.25) is 0 Å². The van der Waals surface area contributed by atoms with Crippen LogP contribution in [0.1, 0.15) is 27.8 Å². The van der Waals surface area contributed by atoms with Gasteiger partial charge in [-0.05, 0) is 18.2 Å². The van der Waals surface area contributed by atoms with E-state index in [0.29, 0.717) is 10.6 Å². The Morgan fingerprint density at radius 1 is 0.825 bits per heavy atom. The van der Waals surface area contributed by atoms with Gasteiger partial charge in [-0.1, -0.05) is 103 Å². The molecule has 0 N–H and O–H groups in total. The summed E-state index contributed by atoms with van der Waals surface area (Å²) in [6.07, 6.45) is 2.65. The molecule has 5 rings (SSSR count). The summed E-state index contributed by atoms with van der Waals surface area (Å²) in [4.78, 5) is 16.0. The fraction of sp³-hybridized carbons (Fsp3) is 0.0625. The fourth-order valence-corrected chi connectivity index (χ4v) is 7.61. The van der Waals surface area contributed by atoms with Crippen molar-refractivity contribution in [2.24, 2.45) is 0 Å². The van der Waals surface area contributed by atoms with Crippen molar-refractivity contribution in [1.29, 1.82) is 5.26 Å². The van der Waals surface area contributed by atoms with Crippen LogP contribution in [0.5, 0.6) is 0 Å². The standard InChI is InChI=1S/C32H24N3O2PS.BrH/c33-21-25-20-24(22-34-31(25)39-30-18-16-29(17-19-30)35(36)37)23-38-32(26-10-4-1-5-11-26,27-12-6-2-7-13-27)28-14-8-3-9-15-28;/h1-20,22,38H,23H2;1H. The minimum Gasteiger partial charge on any atom is -1.00 e. The molecule has 5 nitrogen and oxygen atoms in total. The number of hydrogen-bond acceptors (Lipinski definition) is 5. The highest BCUT2D eigenvalue weighted by Crippen LogP contribution is 2.53. The summed E-state index contributed by atoms with van der Waals surface area (Å²) in [5.74, 6) is 0. The van der Waals surface area contributed by atoms with E-state index in [2.05, 4.69) is 83.8 Å². The van der Waals surface area contributed by atoms with Crippen LogP contribution in [0.3, 0.4) is 0 Å². The average molecular weight is 627 g/mol. The minimum absolute atomic E-state index is 0. The summed E-state index contributed by atoms with van der Waals surface area (Å²) in [5.41, 5.74) is 5.29. The van der Waals surface area contributed by atoms with E-state index in [0.717, 1.165) is 16.6 Å². The van der Waals surface area contributed by atoms with Gasteiger partial charge in [0, 0.05) is 54.1 Å². The minimum atomic E-state index is -0.426. The van der Waals surface area contributed by atoms with Crippen molar-refractivity contribution in [1.82, 2.24) is 4.98 Å². The third kappa shape index (κ3) is 6.32. The van der Waals surface area contributed by atoms with Gasteiger partial charge >= 0.3 is 0 Å². The smallest absolute Gasteiger partial charge is 0.269 e. The van der Waals surface area contributed by atoms with Crippen molar-refractivity contribution in [2.75, 3.05) is 0 Å². The molecule has 0 saturated carbocycles. The zero-order valence-corrected chi connectivity index (χ0v) is 24.9. The number of aromatic nitrogens is 1. The van der Waals surface area contributed by atoms with Gasteiger partial charge in [0.15, 0.2) is 0 Å². The topological polar surface area (TPSA) is 79.8 Å². The van der Waals surface area contributed by atoms with Crippen molar-refractivity contribution in [3.63, 3.8) is 0 Å². The van der Waals surface area contributed by atoms with Crippen molar-refractivity contribution in [3.05, 3.63) is 165 Å². The molecular weight excluding hydrogens is 601 g/mol. The monoisotopic (exact) mass is 625 g/mol. The molecule has 1 heterocycles. The molecule has 5 aromatic rings. The summed E-state index contributed by atoms with van der Waals surface area (Å²) >= 11 is 1.33. The van der Waals surface area contributed by atoms with Gasteiger partial charge in [-0.15, -0.1) is 0 Å². The zero-order valence-electron chi connectivity index (χ0n) is 21.4. The van der Waals surface area contributed by atoms with Crippen molar-refractivity contribution >= 4 is 26.0 Å². The highest BCUT2D eigenvalue weighted by Gasteiger charge is 2.41. The fourth-order valence-electron chi connectivity index (χ4n) is 4.74. The predicted octanol–water partition coefficient (Wildman–Crippen LogP) is 4.92. The number of pyridine rings is 1. The average Bonchev–Trinajstić information content (AvgIpc) is 3.00. The number of hydrogen-bond donors (Lipinski definition) is 0. The lowest BCUT2D eigenvalue weighted by atomic mass is 9.84. The first-order valence-corrected chi connectivity index (χ1v) is 14.6. The lowest BCUT2D eigenvalue weighted by molar-refractivity contribution is -0.384. The summed E-state index contributed by atoms with van der Waals surface area (Å²) in [6.45, 7) is 0. The third-order valence-corrected chi connectivity index (χ3v) is 9.94. The van der Waals surface area contributed by atoms with Gasteiger partial charge in [0.25, 0.3) is 5.69 Å². The van der Waals surface area contributed by atoms with Crippen LogP contribution in [0.4, 0.5) is 5.69 Å². The molecule has 0 amide bonds. The SMILES string of the molecule is N#Cc1cc(C[PH2+]C(c2ccccc2)(c2ccccc2)c2ccccc2)cnc1Sc1ccc([N+](=O)[O-])cc1.[Br-]. The molecule has 4 aromatic carbocycles. The van der Waals surface area contributed by atoms with Crippen molar-refractivity contribution < 1.29 is 21.9 Å². The number of nitrogens with zero attached hydrogens (tertiary/aromatic N) is 3. The second-order valence-electron chi connectivity index (χ2n) is 8.98. The molecule has 40 heavy (non-hydrogen) atoms. The molecule has 0 bridgehead atoms. The Kier molecular flexibility index (Phi) is 9.84. The summed E-state index contributed by atoms with van der Waals surface area (Å²) in [7, 11) is -0.226. The lowest BCUT2D eigenvalue weighted by Gasteiger charge is -2.31. The van der Waals surface area contributed by atoms with Gasteiger partial charge in [-0.2, -0.15) is 5.26 Å². The van der Waals surface area contributed by atoms with E-state index >= 15 is 0 Å². The number of non-ortho nitro benzene ring substituents is 1. The molecule has 0 fully saturated rings. The van der Waals surface area contributed by atoms with Crippen LogP contribution in [0.2, 0.25) is 0 Å². The highest BCUT2D eigenvalue weighted by molar-refractivity contribution is 7.99. The third-order valence-electron chi connectivity index (χ3n) is 6.62. The second kappa shape index (κ2) is 13.5. The maximum absolute atomic E-state index is 11.0. The Balaban J connectivity index is 0.00000370. The number of nitro benzene ring substituents is 1. The zero-order chi connectivity index (χ0) is 27.1. The molecule has 0 aliphatic rings. The van der Waals surface area contributed by atoms with Crippen LogP contribution in [0, 0.1) is 21.4 Å². The molecule has 8 heteroatoms. The van der Waals surface area contributed by atoms with Crippen LogP contribution in [-0.2, 0) is 11.3 Å². The molecule has 0 radical (unpaired) electrons. The van der Waals surface area contributed by atoms with Crippen LogP contribution in [0.15, 0.2) is 137 Å². The van der Waals surface area contributed by atoms with Gasteiger partial charge in [-0.3, -0.25) is 10.1 Å². The number of halogens is 1. The second-order valence-corrected chi connectivity index (χ2v) is 11.7. The van der Waals surface area contributed by atoms with Crippen LogP contribution < -0.4 is 17.0 Å². The highest BCUT2D eigenvalue weighted by atomic mass is 79.9. The van der Waals surface area contributed by atoms with Gasteiger partial charge in [-0.25, -0.2) is 4.98 Å². The van der Waals surface area contributed by atoms with Gasteiger partial charge in [0.1, 0.15) is 16.3 Å². The molecular formula is C32H25BrN3O2PS. The van der Waals surface area contributed by atoms with Crippen molar-refractivity contribution in [2.45, 2.75) is 21.2 Å². The Morgan fingerprint density at radius 3 is 1.77 bits per heavy atom. The Hall–Kier alpha value is -3.82. The predicted molar refractivity (Wildman–Crippen MR) is 159 cm³/mol. The first kappa shape index (κ1) is 29.2. The van der Waals surface area contributed by atoms with Crippen LogP contribution >= 0.6 is 20.3 Å². The van der Waals surface area contributed by atoms with E-state index in [4.69, 9.17) is 0 Å². The Labute approximate surface area is 250 Å². The summed E-state index contributed by atoms with van der Waals surface area (Å²) < 4.78 is 0. The van der Waals surface area contributed by atoms with E-state index in [1.54, 1.807) is 12.1 Å². The number of benzene rings is 4. The number of nitriles is 1.